The van der Waals surface area contributed by atoms with Crippen LogP contribution in [-0.4, -0.2) is 59.2 Å². The molecule has 0 amide bonds. The maximum absolute atomic E-state index is 6.05. The van der Waals surface area contributed by atoms with Crippen molar-refractivity contribution in [3.63, 3.8) is 0 Å². The smallest absolute Gasteiger partial charge is 0.278 e. The first-order chi connectivity index (χ1) is 9.85. The highest BCUT2D eigenvalue weighted by molar-refractivity contribution is 7.98. The van der Waals surface area contributed by atoms with Gasteiger partial charge in [-0.1, -0.05) is 0 Å². The Kier molecular flexibility index (Phi) is 4.62. The van der Waals surface area contributed by atoms with Gasteiger partial charge in [-0.25, -0.2) is 9.97 Å². The lowest BCUT2D eigenvalue weighted by Crippen LogP contribution is -2.39. The van der Waals surface area contributed by atoms with Crippen LogP contribution in [-0.2, 0) is 0 Å². The number of fused-ring (bicyclic) bond motifs is 2. The van der Waals surface area contributed by atoms with E-state index in [1.807, 2.05) is 0 Å². The van der Waals surface area contributed by atoms with Crippen molar-refractivity contribution in [3.05, 3.63) is 12.4 Å². The lowest BCUT2D eigenvalue weighted by molar-refractivity contribution is 0.0892. The Balaban J connectivity index is 1.61. The van der Waals surface area contributed by atoms with Gasteiger partial charge >= 0.3 is 0 Å². The monoisotopic (exact) mass is 295 g/mol. The lowest BCUT2D eigenvalue weighted by Gasteiger charge is -2.30. The average molecular weight is 295 g/mol. The number of thioether (sulfide) groups is 1. The molecule has 0 spiro atoms. The van der Waals surface area contributed by atoms with Crippen molar-refractivity contribution in [2.24, 2.45) is 5.92 Å². The van der Waals surface area contributed by atoms with Gasteiger partial charge in [0.15, 0.2) is 0 Å². The normalized spacial score (nSPS) is 28.4. The second-order valence-corrected chi connectivity index (χ2v) is 6.38. The van der Waals surface area contributed by atoms with E-state index in [1.165, 1.54) is 19.5 Å². The van der Waals surface area contributed by atoms with Crippen LogP contribution in [0.15, 0.2) is 12.4 Å². The van der Waals surface area contributed by atoms with Crippen molar-refractivity contribution in [2.75, 3.05) is 38.2 Å². The molecule has 3 rings (SSSR count). The van der Waals surface area contributed by atoms with Crippen LogP contribution >= 0.6 is 11.8 Å². The van der Waals surface area contributed by atoms with Gasteiger partial charge in [-0.15, -0.1) is 0 Å². The van der Waals surface area contributed by atoms with Crippen LogP contribution in [0.3, 0.4) is 0 Å². The van der Waals surface area contributed by atoms with Crippen LogP contribution in [0.5, 0.6) is 11.8 Å². The maximum Gasteiger partial charge on any atom is 0.278 e. The summed E-state index contributed by atoms with van der Waals surface area (Å²) in [4.78, 5) is 11.0. The molecular formula is C14H21N3O2S. The Labute approximate surface area is 124 Å². The Morgan fingerprint density at radius 1 is 1.30 bits per heavy atom. The van der Waals surface area contributed by atoms with Crippen molar-refractivity contribution >= 4 is 11.8 Å². The highest BCUT2D eigenvalue weighted by atomic mass is 32.2. The zero-order valence-electron chi connectivity index (χ0n) is 11.8. The molecule has 3 heterocycles. The van der Waals surface area contributed by atoms with Crippen LogP contribution in [0.4, 0.5) is 0 Å². The summed E-state index contributed by atoms with van der Waals surface area (Å²) in [5.74, 6) is 2.79. The lowest BCUT2D eigenvalue weighted by atomic mass is 9.99. The van der Waals surface area contributed by atoms with Gasteiger partial charge in [0.05, 0.1) is 6.61 Å². The van der Waals surface area contributed by atoms with E-state index in [4.69, 9.17) is 9.47 Å². The summed E-state index contributed by atoms with van der Waals surface area (Å²) in [5, 5.41) is 0. The van der Waals surface area contributed by atoms with Gasteiger partial charge in [-0.05, 0) is 31.6 Å². The fraction of sp³-hybridized carbons (Fsp3) is 0.714. The Hall–Kier alpha value is -1.01. The summed E-state index contributed by atoms with van der Waals surface area (Å²) in [6.07, 6.45) is 8.01. The molecule has 1 aromatic heterocycles. The fourth-order valence-electron chi connectivity index (χ4n) is 2.96. The van der Waals surface area contributed by atoms with E-state index in [1.54, 1.807) is 24.2 Å². The summed E-state index contributed by atoms with van der Waals surface area (Å²) in [5.41, 5.74) is 0. The van der Waals surface area contributed by atoms with Crippen LogP contribution in [0.1, 0.15) is 12.8 Å². The van der Waals surface area contributed by atoms with Gasteiger partial charge in [0, 0.05) is 31.2 Å². The molecule has 0 aliphatic carbocycles. The van der Waals surface area contributed by atoms with Crippen LogP contribution in [0, 0.1) is 5.92 Å². The first-order valence-corrected chi connectivity index (χ1v) is 8.56. The average Bonchev–Trinajstić information content (AvgIpc) is 2.80. The molecular weight excluding hydrogens is 274 g/mol. The highest BCUT2D eigenvalue weighted by Gasteiger charge is 2.34. The van der Waals surface area contributed by atoms with E-state index in [-0.39, 0.29) is 6.10 Å². The Morgan fingerprint density at radius 2 is 2.15 bits per heavy atom. The molecule has 0 saturated carbocycles. The molecule has 0 aromatic carbocycles. The zero-order valence-corrected chi connectivity index (χ0v) is 12.6. The zero-order chi connectivity index (χ0) is 13.8. The van der Waals surface area contributed by atoms with Gasteiger partial charge in [0.25, 0.3) is 11.8 Å². The summed E-state index contributed by atoms with van der Waals surface area (Å²) in [7, 11) is 0. The number of ether oxygens (including phenoxy) is 2. The van der Waals surface area contributed by atoms with E-state index < -0.39 is 0 Å². The number of rotatable bonds is 6. The molecule has 5 nitrogen and oxygen atoms in total. The van der Waals surface area contributed by atoms with E-state index in [2.05, 4.69) is 21.1 Å². The molecule has 3 unspecified atom stereocenters. The van der Waals surface area contributed by atoms with Crippen molar-refractivity contribution in [3.8, 4) is 11.8 Å². The van der Waals surface area contributed by atoms with Crippen LogP contribution in [0.25, 0.3) is 0 Å². The SMILES string of the molecule is CSCCOc1nccnc1OC1CC2CCN(C2)C1. The summed E-state index contributed by atoms with van der Waals surface area (Å²) < 4.78 is 11.7. The standard InChI is InChI=1S/C14H21N3O2S/c1-20-7-6-18-13-14(16-4-3-15-13)19-12-8-11-2-5-17(9-11)10-12/h3-4,11-12H,2,5-10H2,1H3. The van der Waals surface area contributed by atoms with E-state index in [0.717, 1.165) is 24.6 Å². The highest BCUT2D eigenvalue weighted by Crippen LogP contribution is 2.30. The van der Waals surface area contributed by atoms with Crippen LogP contribution in [0.2, 0.25) is 0 Å². The molecule has 2 saturated heterocycles. The predicted octanol–water partition coefficient (Wildman–Crippen LogP) is 1.69. The number of piperidine rings is 1. The number of hydrogen-bond acceptors (Lipinski definition) is 6. The van der Waals surface area contributed by atoms with E-state index >= 15 is 0 Å². The molecule has 110 valence electrons. The van der Waals surface area contributed by atoms with Gasteiger partial charge in [0.1, 0.15) is 6.10 Å². The summed E-state index contributed by atoms with van der Waals surface area (Å²) in [6.45, 7) is 4.08. The van der Waals surface area contributed by atoms with Gasteiger partial charge in [0.2, 0.25) is 0 Å². The second kappa shape index (κ2) is 6.63. The van der Waals surface area contributed by atoms with E-state index in [0.29, 0.717) is 18.4 Å². The Morgan fingerprint density at radius 3 is 2.95 bits per heavy atom. The van der Waals surface area contributed by atoms with Crippen molar-refractivity contribution < 1.29 is 9.47 Å². The minimum atomic E-state index is 0.218. The van der Waals surface area contributed by atoms with Gasteiger partial charge < -0.3 is 9.47 Å². The molecule has 0 N–H and O–H groups in total. The molecule has 2 aliphatic heterocycles. The third-order valence-corrected chi connectivity index (χ3v) is 4.44. The summed E-state index contributed by atoms with van der Waals surface area (Å²) >= 11 is 1.75. The second-order valence-electron chi connectivity index (χ2n) is 5.40. The number of hydrogen-bond donors (Lipinski definition) is 0. The fourth-order valence-corrected chi connectivity index (χ4v) is 3.21. The van der Waals surface area contributed by atoms with Crippen molar-refractivity contribution in [1.29, 1.82) is 0 Å². The molecule has 0 radical (unpaired) electrons. The largest absolute Gasteiger partial charge is 0.473 e. The van der Waals surface area contributed by atoms with Crippen molar-refractivity contribution in [2.45, 2.75) is 18.9 Å². The predicted molar refractivity (Wildman–Crippen MR) is 79.5 cm³/mol. The van der Waals surface area contributed by atoms with E-state index in [9.17, 15) is 0 Å². The molecule has 6 heteroatoms. The Bertz CT molecular complexity index is 434. The maximum atomic E-state index is 6.05. The minimum absolute atomic E-state index is 0.218. The third-order valence-electron chi connectivity index (χ3n) is 3.87. The topological polar surface area (TPSA) is 47.5 Å². The molecule has 2 bridgehead atoms. The van der Waals surface area contributed by atoms with Gasteiger partial charge in [-0.2, -0.15) is 11.8 Å². The number of nitrogens with zero attached hydrogens (tertiary/aromatic N) is 3. The molecule has 2 aliphatic rings. The number of aromatic nitrogens is 2. The molecule has 20 heavy (non-hydrogen) atoms. The quantitative estimate of drug-likeness (QED) is 0.744. The van der Waals surface area contributed by atoms with Crippen LogP contribution < -0.4 is 9.47 Å². The van der Waals surface area contributed by atoms with Crippen molar-refractivity contribution in [1.82, 2.24) is 14.9 Å². The summed E-state index contributed by atoms with van der Waals surface area (Å²) in [6, 6.07) is 0. The molecule has 3 atom stereocenters. The van der Waals surface area contributed by atoms with Gasteiger partial charge in [-0.3, -0.25) is 4.90 Å². The third kappa shape index (κ3) is 3.35. The molecule has 2 fully saturated rings. The minimum Gasteiger partial charge on any atom is -0.473 e. The first-order valence-electron chi connectivity index (χ1n) is 7.17. The molecule has 1 aromatic rings. The first kappa shape index (κ1) is 13.9.